The summed E-state index contributed by atoms with van der Waals surface area (Å²) in [5, 5.41) is 9.42. The van der Waals surface area contributed by atoms with Crippen molar-refractivity contribution in [3.8, 4) is 11.4 Å². The second-order valence-electron chi connectivity index (χ2n) is 7.71. The van der Waals surface area contributed by atoms with E-state index in [9.17, 15) is 9.18 Å². The molecular weight excluding hydrogens is 425 g/mol. The lowest BCUT2D eigenvalue weighted by Crippen LogP contribution is -2.49. The van der Waals surface area contributed by atoms with E-state index < -0.39 is 0 Å². The predicted octanol–water partition coefficient (Wildman–Crippen LogP) is 4.02. The van der Waals surface area contributed by atoms with Crippen LogP contribution in [0.4, 0.5) is 10.1 Å². The number of nitrogens with zero attached hydrogens (tertiary/aromatic N) is 5. The summed E-state index contributed by atoms with van der Waals surface area (Å²) in [5.74, 6) is 0.921. The molecular formula is C24H26FN5OS. The maximum atomic E-state index is 13.1. The van der Waals surface area contributed by atoms with Gasteiger partial charge in [0.05, 0.1) is 5.75 Å². The van der Waals surface area contributed by atoms with Crippen molar-refractivity contribution in [1.29, 1.82) is 0 Å². The molecule has 0 bridgehead atoms. The fourth-order valence-corrected chi connectivity index (χ4v) is 4.62. The van der Waals surface area contributed by atoms with E-state index in [1.807, 2.05) is 40.7 Å². The van der Waals surface area contributed by atoms with Gasteiger partial charge in [0, 0.05) is 44.0 Å². The van der Waals surface area contributed by atoms with Crippen LogP contribution in [-0.4, -0.2) is 57.5 Å². The van der Waals surface area contributed by atoms with E-state index in [0.29, 0.717) is 30.5 Å². The Bertz CT molecular complexity index is 1090. The third kappa shape index (κ3) is 5.02. The number of benzene rings is 2. The molecule has 2 heterocycles. The molecule has 0 spiro atoms. The standard InChI is InChI=1S/C24H26FN5OS/c1-3-11-30-23(19-6-4-5-18(2)16-19)26-27-24(30)32-17-22(31)29-14-12-28(13-15-29)21-9-7-20(25)8-10-21/h3-10,16H,1,11-15,17H2,2H3. The smallest absolute Gasteiger partial charge is 0.233 e. The topological polar surface area (TPSA) is 54.3 Å². The minimum absolute atomic E-state index is 0.0824. The Kier molecular flexibility index (Phi) is 6.90. The van der Waals surface area contributed by atoms with Crippen LogP contribution in [0.25, 0.3) is 11.4 Å². The van der Waals surface area contributed by atoms with E-state index >= 15 is 0 Å². The first kappa shape index (κ1) is 22.1. The summed E-state index contributed by atoms with van der Waals surface area (Å²) in [5.41, 5.74) is 3.13. The molecule has 0 aliphatic carbocycles. The molecule has 0 atom stereocenters. The number of aryl methyl sites for hydroxylation is 1. The zero-order chi connectivity index (χ0) is 22.5. The zero-order valence-electron chi connectivity index (χ0n) is 18.1. The van der Waals surface area contributed by atoms with Gasteiger partial charge in [-0.1, -0.05) is 41.6 Å². The van der Waals surface area contributed by atoms with Crippen molar-refractivity contribution in [2.45, 2.75) is 18.6 Å². The maximum absolute atomic E-state index is 13.1. The monoisotopic (exact) mass is 451 g/mol. The Morgan fingerprint density at radius 2 is 1.88 bits per heavy atom. The van der Waals surface area contributed by atoms with Gasteiger partial charge in [0.2, 0.25) is 5.91 Å². The van der Waals surface area contributed by atoms with Crippen LogP contribution < -0.4 is 4.90 Å². The van der Waals surface area contributed by atoms with Crippen LogP contribution in [-0.2, 0) is 11.3 Å². The second kappa shape index (κ2) is 9.99. The summed E-state index contributed by atoms with van der Waals surface area (Å²) in [6.45, 7) is 9.21. The highest BCUT2D eigenvalue weighted by molar-refractivity contribution is 7.99. The highest BCUT2D eigenvalue weighted by Gasteiger charge is 2.22. The van der Waals surface area contributed by atoms with E-state index in [2.05, 4.69) is 27.7 Å². The van der Waals surface area contributed by atoms with E-state index in [4.69, 9.17) is 0 Å². The van der Waals surface area contributed by atoms with Crippen molar-refractivity contribution in [2.75, 3.05) is 36.8 Å². The molecule has 0 unspecified atom stereocenters. The van der Waals surface area contributed by atoms with Crippen molar-refractivity contribution < 1.29 is 9.18 Å². The van der Waals surface area contributed by atoms with Crippen molar-refractivity contribution in [3.63, 3.8) is 0 Å². The molecule has 1 amide bonds. The SMILES string of the molecule is C=CCn1c(SCC(=O)N2CCN(c3ccc(F)cc3)CC2)nnc1-c1cccc(C)c1. The van der Waals surface area contributed by atoms with Crippen LogP contribution in [0.1, 0.15) is 5.56 Å². The van der Waals surface area contributed by atoms with Gasteiger partial charge in [-0.15, -0.1) is 16.8 Å². The lowest BCUT2D eigenvalue weighted by molar-refractivity contribution is -0.128. The van der Waals surface area contributed by atoms with Gasteiger partial charge in [-0.25, -0.2) is 4.39 Å². The number of carbonyl (C=O) groups is 1. The second-order valence-corrected chi connectivity index (χ2v) is 8.65. The molecule has 1 aliphatic rings. The summed E-state index contributed by atoms with van der Waals surface area (Å²) in [4.78, 5) is 16.9. The molecule has 0 radical (unpaired) electrons. The molecule has 0 saturated carbocycles. The van der Waals surface area contributed by atoms with Crippen molar-refractivity contribution in [2.24, 2.45) is 0 Å². The number of carbonyl (C=O) groups excluding carboxylic acids is 1. The van der Waals surface area contributed by atoms with Crippen molar-refractivity contribution in [3.05, 3.63) is 72.6 Å². The third-order valence-electron chi connectivity index (χ3n) is 5.45. The lowest BCUT2D eigenvalue weighted by Gasteiger charge is -2.36. The number of piperazine rings is 1. The number of anilines is 1. The van der Waals surface area contributed by atoms with Crippen molar-refractivity contribution in [1.82, 2.24) is 19.7 Å². The fourth-order valence-electron chi connectivity index (χ4n) is 3.77. The Morgan fingerprint density at radius 1 is 1.12 bits per heavy atom. The summed E-state index contributed by atoms with van der Waals surface area (Å²) >= 11 is 1.40. The molecule has 2 aromatic carbocycles. The minimum atomic E-state index is -0.241. The van der Waals surface area contributed by atoms with Gasteiger partial charge in [-0.3, -0.25) is 9.36 Å². The van der Waals surface area contributed by atoms with Gasteiger partial charge in [0.15, 0.2) is 11.0 Å². The Balaban J connectivity index is 1.37. The summed E-state index contributed by atoms with van der Waals surface area (Å²) in [6, 6.07) is 14.6. The molecule has 1 aliphatic heterocycles. The van der Waals surface area contributed by atoms with Crippen LogP contribution in [0.2, 0.25) is 0 Å². The normalized spacial score (nSPS) is 13.9. The molecule has 3 aromatic rings. The zero-order valence-corrected chi connectivity index (χ0v) is 18.9. The maximum Gasteiger partial charge on any atom is 0.233 e. The van der Waals surface area contributed by atoms with E-state index in [1.165, 1.54) is 23.9 Å². The predicted molar refractivity (Wildman–Crippen MR) is 126 cm³/mol. The number of thioether (sulfide) groups is 1. The number of allylic oxidation sites excluding steroid dienone is 1. The number of hydrogen-bond donors (Lipinski definition) is 0. The Morgan fingerprint density at radius 3 is 2.56 bits per heavy atom. The van der Waals surface area contributed by atoms with Gasteiger partial charge >= 0.3 is 0 Å². The van der Waals surface area contributed by atoms with Crippen LogP contribution in [0.5, 0.6) is 0 Å². The largest absolute Gasteiger partial charge is 0.368 e. The highest BCUT2D eigenvalue weighted by Crippen LogP contribution is 2.25. The molecule has 166 valence electrons. The molecule has 8 heteroatoms. The first-order valence-electron chi connectivity index (χ1n) is 10.6. The summed E-state index contributed by atoms with van der Waals surface area (Å²) < 4.78 is 15.1. The number of aromatic nitrogens is 3. The number of rotatable bonds is 7. The fraction of sp³-hybridized carbons (Fsp3) is 0.292. The molecule has 0 N–H and O–H groups in total. The van der Waals surface area contributed by atoms with Crippen LogP contribution in [0.15, 0.2) is 66.3 Å². The van der Waals surface area contributed by atoms with Gasteiger partial charge in [-0.2, -0.15) is 0 Å². The summed E-state index contributed by atoms with van der Waals surface area (Å²) in [7, 11) is 0. The first-order valence-corrected chi connectivity index (χ1v) is 11.6. The molecule has 1 aromatic heterocycles. The highest BCUT2D eigenvalue weighted by atomic mass is 32.2. The van der Waals surface area contributed by atoms with Crippen LogP contribution in [0, 0.1) is 12.7 Å². The van der Waals surface area contributed by atoms with E-state index in [-0.39, 0.29) is 11.7 Å². The van der Waals surface area contributed by atoms with E-state index in [1.54, 1.807) is 12.1 Å². The van der Waals surface area contributed by atoms with Crippen LogP contribution >= 0.6 is 11.8 Å². The molecule has 4 rings (SSSR count). The molecule has 32 heavy (non-hydrogen) atoms. The molecule has 1 fully saturated rings. The van der Waals surface area contributed by atoms with Crippen LogP contribution in [0.3, 0.4) is 0 Å². The Labute approximate surface area is 191 Å². The van der Waals surface area contributed by atoms with Gasteiger partial charge in [0.25, 0.3) is 0 Å². The number of hydrogen-bond acceptors (Lipinski definition) is 5. The quantitative estimate of drug-likeness (QED) is 0.401. The number of amides is 1. The molecule has 6 nitrogen and oxygen atoms in total. The van der Waals surface area contributed by atoms with Gasteiger partial charge < -0.3 is 9.80 Å². The van der Waals surface area contributed by atoms with Crippen molar-refractivity contribution >= 4 is 23.4 Å². The number of halogens is 1. The lowest BCUT2D eigenvalue weighted by atomic mass is 10.1. The van der Waals surface area contributed by atoms with Gasteiger partial charge in [-0.05, 0) is 37.3 Å². The summed E-state index contributed by atoms with van der Waals surface area (Å²) in [6.07, 6.45) is 1.81. The van der Waals surface area contributed by atoms with Gasteiger partial charge in [0.1, 0.15) is 5.82 Å². The third-order valence-corrected chi connectivity index (χ3v) is 6.41. The average molecular weight is 452 g/mol. The molecule has 1 saturated heterocycles. The average Bonchev–Trinajstić information content (AvgIpc) is 3.21. The first-order chi connectivity index (χ1) is 15.5. The Hall–Kier alpha value is -3.13. The minimum Gasteiger partial charge on any atom is -0.368 e. The van der Waals surface area contributed by atoms with E-state index in [0.717, 1.165) is 35.7 Å².